The standard InChI is InChI=1S/C9H18N4/c1-4-13-8(3)9(11-12-13)7(2)5-6-10/h7H,4-6,10H2,1-3H3. The van der Waals surface area contributed by atoms with E-state index in [1.54, 1.807) is 0 Å². The largest absolute Gasteiger partial charge is 0.330 e. The van der Waals surface area contributed by atoms with Gasteiger partial charge in [-0.15, -0.1) is 5.10 Å². The number of hydrogen-bond acceptors (Lipinski definition) is 3. The topological polar surface area (TPSA) is 56.7 Å². The summed E-state index contributed by atoms with van der Waals surface area (Å²) in [5.74, 6) is 0.422. The molecule has 4 nitrogen and oxygen atoms in total. The highest BCUT2D eigenvalue weighted by molar-refractivity contribution is 5.12. The van der Waals surface area contributed by atoms with Crippen LogP contribution in [0.15, 0.2) is 0 Å². The molecule has 0 saturated heterocycles. The SMILES string of the molecule is CCn1nnc(C(C)CCN)c1C. The van der Waals surface area contributed by atoms with Gasteiger partial charge in [0.1, 0.15) is 0 Å². The molecule has 0 aliphatic carbocycles. The van der Waals surface area contributed by atoms with E-state index in [1.165, 1.54) is 5.69 Å². The minimum absolute atomic E-state index is 0.422. The Morgan fingerprint density at radius 1 is 1.54 bits per heavy atom. The van der Waals surface area contributed by atoms with Crippen LogP contribution in [0.4, 0.5) is 0 Å². The van der Waals surface area contributed by atoms with E-state index in [-0.39, 0.29) is 0 Å². The van der Waals surface area contributed by atoms with E-state index in [9.17, 15) is 0 Å². The highest BCUT2D eigenvalue weighted by Gasteiger charge is 2.13. The summed E-state index contributed by atoms with van der Waals surface area (Å²) >= 11 is 0. The van der Waals surface area contributed by atoms with Crippen LogP contribution in [0.25, 0.3) is 0 Å². The van der Waals surface area contributed by atoms with Crippen LogP contribution in [-0.4, -0.2) is 21.5 Å². The van der Waals surface area contributed by atoms with Crippen LogP contribution >= 0.6 is 0 Å². The van der Waals surface area contributed by atoms with Crippen LogP contribution in [0.2, 0.25) is 0 Å². The maximum atomic E-state index is 5.50. The minimum atomic E-state index is 0.422. The van der Waals surface area contributed by atoms with Crippen molar-refractivity contribution in [3.63, 3.8) is 0 Å². The Kier molecular flexibility index (Phi) is 3.42. The highest BCUT2D eigenvalue weighted by atomic mass is 15.4. The van der Waals surface area contributed by atoms with Gasteiger partial charge < -0.3 is 5.73 Å². The molecule has 1 rings (SSSR count). The van der Waals surface area contributed by atoms with Crippen LogP contribution in [0.5, 0.6) is 0 Å². The van der Waals surface area contributed by atoms with E-state index >= 15 is 0 Å². The number of nitrogens with zero attached hydrogens (tertiary/aromatic N) is 3. The van der Waals surface area contributed by atoms with E-state index in [1.807, 2.05) is 4.68 Å². The number of aryl methyl sites for hydroxylation is 1. The summed E-state index contributed by atoms with van der Waals surface area (Å²) in [5.41, 5.74) is 7.76. The Balaban J connectivity index is 2.82. The van der Waals surface area contributed by atoms with Crippen molar-refractivity contribution in [3.8, 4) is 0 Å². The van der Waals surface area contributed by atoms with Gasteiger partial charge in [-0.2, -0.15) is 0 Å². The second-order valence-corrected chi connectivity index (χ2v) is 3.35. The Labute approximate surface area is 79.1 Å². The fourth-order valence-electron chi connectivity index (χ4n) is 1.52. The molecule has 1 atom stereocenters. The highest BCUT2D eigenvalue weighted by Crippen LogP contribution is 2.18. The number of nitrogens with two attached hydrogens (primary N) is 1. The summed E-state index contributed by atoms with van der Waals surface area (Å²) in [6.45, 7) is 7.86. The lowest BCUT2D eigenvalue weighted by atomic mass is 10.0. The molecule has 4 heteroatoms. The summed E-state index contributed by atoms with van der Waals surface area (Å²) < 4.78 is 1.92. The molecule has 0 amide bonds. The predicted octanol–water partition coefficient (Wildman–Crippen LogP) is 1.06. The Morgan fingerprint density at radius 3 is 2.69 bits per heavy atom. The molecule has 1 heterocycles. The maximum absolute atomic E-state index is 5.50. The van der Waals surface area contributed by atoms with Crippen molar-refractivity contribution in [2.75, 3.05) is 6.54 Å². The lowest BCUT2D eigenvalue weighted by Crippen LogP contribution is -2.06. The van der Waals surface area contributed by atoms with Crippen molar-refractivity contribution in [2.45, 2.75) is 39.7 Å². The maximum Gasteiger partial charge on any atom is 0.0884 e. The quantitative estimate of drug-likeness (QED) is 0.757. The molecule has 0 bridgehead atoms. The van der Waals surface area contributed by atoms with Crippen molar-refractivity contribution in [3.05, 3.63) is 11.4 Å². The number of hydrogen-bond donors (Lipinski definition) is 1. The van der Waals surface area contributed by atoms with Gasteiger partial charge in [-0.05, 0) is 26.8 Å². The Bertz CT molecular complexity index is 267. The van der Waals surface area contributed by atoms with Gasteiger partial charge in [-0.3, -0.25) is 0 Å². The van der Waals surface area contributed by atoms with Crippen LogP contribution in [0.3, 0.4) is 0 Å². The summed E-state index contributed by atoms with van der Waals surface area (Å²) in [4.78, 5) is 0. The summed E-state index contributed by atoms with van der Waals surface area (Å²) in [6.07, 6.45) is 0.975. The Morgan fingerprint density at radius 2 is 2.23 bits per heavy atom. The zero-order chi connectivity index (χ0) is 9.84. The molecular formula is C9H18N4. The molecule has 74 valence electrons. The van der Waals surface area contributed by atoms with Gasteiger partial charge in [0.05, 0.1) is 11.4 Å². The monoisotopic (exact) mass is 182 g/mol. The first-order chi connectivity index (χ1) is 6.20. The molecule has 0 fully saturated rings. The predicted molar refractivity (Wildman–Crippen MR) is 52.5 cm³/mol. The van der Waals surface area contributed by atoms with Gasteiger partial charge in [-0.25, -0.2) is 4.68 Å². The summed E-state index contributed by atoms with van der Waals surface area (Å²) in [6, 6.07) is 0. The molecule has 0 aliphatic rings. The molecule has 0 spiro atoms. The van der Waals surface area contributed by atoms with Crippen molar-refractivity contribution < 1.29 is 0 Å². The zero-order valence-electron chi connectivity index (χ0n) is 8.62. The van der Waals surface area contributed by atoms with Gasteiger partial charge in [0.25, 0.3) is 0 Å². The first-order valence-electron chi connectivity index (χ1n) is 4.80. The van der Waals surface area contributed by atoms with Crippen molar-refractivity contribution in [1.29, 1.82) is 0 Å². The van der Waals surface area contributed by atoms with Gasteiger partial charge in [0.2, 0.25) is 0 Å². The molecule has 2 N–H and O–H groups in total. The van der Waals surface area contributed by atoms with E-state index in [4.69, 9.17) is 5.73 Å². The summed E-state index contributed by atoms with van der Waals surface area (Å²) in [5, 5.41) is 8.23. The molecule has 0 aliphatic heterocycles. The third-order valence-corrected chi connectivity index (χ3v) is 2.38. The van der Waals surface area contributed by atoms with E-state index in [0.29, 0.717) is 12.5 Å². The first-order valence-corrected chi connectivity index (χ1v) is 4.80. The third kappa shape index (κ3) is 2.06. The van der Waals surface area contributed by atoms with Gasteiger partial charge in [-0.1, -0.05) is 12.1 Å². The number of aromatic nitrogens is 3. The average molecular weight is 182 g/mol. The zero-order valence-corrected chi connectivity index (χ0v) is 8.62. The van der Waals surface area contributed by atoms with Crippen LogP contribution < -0.4 is 5.73 Å². The molecule has 0 saturated carbocycles. The van der Waals surface area contributed by atoms with E-state index in [2.05, 4.69) is 31.1 Å². The normalized spacial score (nSPS) is 13.2. The molecule has 0 radical (unpaired) electrons. The number of rotatable bonds is 4. The Hall–Kier alpha value is -0.900. The van der Waals surface area contributed by atoms with Gasteiger partial charge >= 0.3 is 0 Å². The lowest BCUT2D eigenvalue weighted by molar-refractivity contribution is 0.611. The first kappa shape index (κ1) is 10.2. The van der Waals surface area contributed by atoms with Crippen molar-refractivity contribution in [2.24, 2.45) is 5.73 Å². The smallest absolute Gasteiger partial charge is 0.0884 e. The van der Waals surface area contributed by atoms with Gasteiger partial charge in [0, 0.05) is 12.5 Å². The summed E-state index contributed by atoms with van der Waals surface area (Å²) in [7, 11) is 0. The molecular weight excluding hydrogens is 164 g/mol. The van der Waals surface area contributed by atoms with Gasteiger partial charge in [0.15, 0.2) is 0 Å². The third-order valence-electron chi connectivity index (χ3n) is 2.38. The molecule has 13 heavy (non-hydrogen) atoms. The van der Waals surface area contributed by atoms with Crippen LogP contribution in [-0.2, 0) is 6.54 Å². The molecule has 0 aromatic carbocycles. The molecule has 1 unspecified atom stereocenters. The average Bonchev–Trinajstić information content (AvgIpc) is 2.47. The second kappa shape index (κ2) is 4.37. The fraction of sp³-hybridized carbons (Fsp3) is 0.778. The van der Waals surface area contributed by atoms with Crippen LogP contribution in [0, 0.1) is 6.92 Å². The van der Waals surface area contributed by atoms with Crippen molar-refractivity contribution >= 4 is 0 Å². The van der Waals surface area contributed by atoms with Crippen molar-refractivity contribution in [1.82, 2.24) is 15.0 Å². The molecule has 1 aromatic rings. The fourth-order valence-corrected chi connectivity index (χ4v) is 1.52. The molecule has 1 aromatic heterocycles. The van der Waals surface area contributed by atoms with E-state index in [0.717, 1.165) is 18.7 Å². The lowest BCUT2D eigenvalue weighted by Gasteiger charge is -2.07. The van der Waals surface area contributed by atoms with Crippen LogP contribution in [0.1, 0.15) is 37.6 Å². The second-order valence-electron chi connectivity index (χ2n) is 3.35. The van der Waals surface area contributed by atoms with E-state index < -0.39 is 0 Å². The minimum Gasteiger partial charge on any atom is -0.330 e.